The van der Waals surface area contributed by atoms with Crippen molar-refractivity contribution >= 4 is 18.5 Å². The lowest BCUT2D eigenvalue weighted by Gasteiger charge is -2.23. The van der Waals surface area contributed by atoms with E-state index in [2.05, 4.69) is 11.4 Å². The molecule has 3 heteroatoms. The third-order valence-electron chi connectivity index (χ3n) is 2.27. The second kappa shape index (κ2) is 5.13. The number of nitrogens with one attached hydrogen (secondary N) is 1. The van der Waals surface area contributed by atoms with E-state index in [1.54, 1.807) is 12.1 Å². The molecule has 1 saturated heterocycles. The van der Waals surface area contributed by atoms with E-state index in [0.29, 0.717) is 11.5 Å². The van der Waals surface area contributed by atoms with Gasteiger partial charge in [0.25, 0.3) is 0 Å². The highest BCUT2D eigenvalue weighted by Crippen LogP contribution is 2.12. The first-order chi connectivity index (χ1) is 6.36. The number of halogens is 2. The lowest BCUT2D eigenvalue weighted by molar-refractivity contribution is 0.420. The number of benzene rings is 1. The van der Waals surface area contributed by atoms with Gasteiger partial charge in [-0.3, -0.25) is 0 Å². The first-order valence-corrected chi connectivity index (χ1v) is 4.50. The summed E-state index contributed by atoms with van der Waals surface area (Å²) in [5, 5.41) is 3.17. The van der Waals surface area contributed by atoms with E-state index >= 15 is 0 Å². The molecule has 1 N–H and O–H groups in total. The van der Waals surface area contributed by atoms with Crippen molar-refractivity contribution in [3.05, 3.63) is 41.7 Å². The SMILES string of the molecule is Cl.Fc1ccccc1/C=C/C1CNC1. The van der Waals surface area contributed by atoms with Crippen molar-refractivity contribution < 1.29 is 4.39 Å². The number of rotatable bonds is 2. The highest BCUT2D eigenvalue weighted by atomic mass is 35.5. The molecule has 0 amide bonds. The Bertz CT molecular complexity index is 321. The molecule has 2 rings (SSSR count). The van der Waals surface area contributed by atoms with Crippen LogP contribution in [0.4, 0.5) is 4.39 Å². The third-order valence-corrected chi connectivity index (χ3v) is 2.27. The quantitative estimate of drug-likeness (QED) is 0.796. The Labute approximate surface area is 89.4 Å². The van der Waals surface area contributed by atoms with Crippen LogP contribution < -0.4 is 5.32 Å². The summed E-state index contributed by atoms with van der Waals surface area (Å²) >= 11 is 0. The predicted octanol–water partition coefficient (Wildman–Crippen LogP) is 2.48. The highest BCUT2D eigenvalue weighted by molar-refractivity contribution is 5.85. The Balaban J connectivity index is 0.000000980. The van der Waals surface area contributed by atoms with Crippen molar-refractivity contribution in [1.82, 2.24) is 5.32 Å². The molecule has 0 atom stereocenters. The summed E-state index contributed by atoms with van der Waals surface area (Å²) < 4.78 is 13.1. The van der Waals surface area contributed by atoms with Gasteiger partial charge in [-0.15, -0.1) is 12.4 Å². The Morgan fingerprint density at radius 2 is 2.00 bits per heavy atom. The molecule has 1 aliphatic rings. The Morgan fingerprint density at radius 1 is 1.29 bits per heavy atom. The molecule has 1 fully saturated rings. The molecule has 76 valence electrons. The third kappa shape index (κ3) is 2.56. The summed E-state index contributed by atoms with van der Waals surface area (Å²) in [6, 6.07) is 6.83. The van der Waals surface area contributed by atoms with E-state index in [9.17, 15) is 4.39 Å². The Hall–Kier alpha value is -0.860. The minimum atomic E-state index is -0.147. The van der Waals surface area contributed by atoms with Crippen molar-refractivity contribution in [2.24, 2.45) is 5.92 Å². The molecular weight excluding hydrogens is 201 g/mol. The first-order valence-electron chi connectivity index (χ1n) is 4.50. The molecule has 0 bridgehead atoms. The van der Waals surface area contributed by atoms with Gasteiger partial charge < -0.3 is 5.32 Å². The fraction of sp³-hybridized carbons (Fsp3) is 0.273. The summed E-state index contributed by atoms with van der Waals surface area (Å²) in [6.45, 7) is 2.04. The zero-order valence-electron chi connectivity index (χ0n) is 7.74. The Morgan fingerprint density at radius 3 is 2.57 bits per heavy atom. The maximum atomic E-state index is 13.1. The predicted molar refractivity (Wildman–Crippen MR) is 59.0 cm³/mol. The average Bonchev–Trinajstić information content (AvgIpc) is 2.05. The van der Waals surface area contributed by atoms with Gasteiger partial charge in [0.2, 0.25) is 0 Å². The molecule has 1 nitrogen and oxygen atoms in total. The van der Waals surface area contributed by atoms with Crippen LogP contribution in [-0.4, -0.2) is 13.1 Å². The standard InChI is InChI=1S/C11H12FN.ClH/c12-11-4-2-1-3-10(11)6-5-9-7-13-8-9;/h1-6,9,13H,7-8H2;1H/b6-5+;. The normalized spacial score (nSPS) is 16.4. The molecule has 1 aromatic carbocycles. The molecule has 1 heterocycles. The molecule has 0 saturated carbocycles. The molecule has 0 unspecified atom stereocenters. The summed E-state index contributed by atoms with van der Waals surface area (Å²) in [6.07, 6.45) is 3.93. The highest BCUT2D eigenvalue weighted by Gasteiger charge is 2.12. The summed E-state index contributed by atoms with van der Waals surface area (Å²) in [5.74, 6) is 0.436. The van der Waals surface area contributed by atoms with Gasteiger partial charge in [-0.2, -0.15) is 0 Å². The summed E-state index contributed by atoms with van der Waals surface area (Å²) in [7, 11) is 0. The topological polar surface area (TPSA) is 12.0 Å². The van der Waals surface area contributed by atoms with E-state index in [-0.39, 0.29) is 18.2 Å². The maximum absolute atomic E-state index is 13.1. The van der Waals surface area contributed by atoms with Gasteiger partial charge in [0, 0.05) is 24.6 Å². The van der Waals surface area contributed by atoms with Crippen LogP contribution in [0.3, 0.4) is 0 Å². The Kier molecular flexibility index (Phi) is 4.11. The maximum Gasteiger partial charge on any atom is 0.130 e. The van der Waals surface area contributed by atoms with Crippen LogP contribution in [0.15, 0.2) is 30.3 Å². The van der Waals surface area contributed by atoms with Gasteiger partial charge in [0.05, 0.1) is 0 Å². The summed E-state index contributed by atoms with van der Waals surface area (Å²) in [5.41, 5.74) is 0.675. The zero-order valence-corrected chi connectivity index (χ0v) is 8.56. The van der Waals surface area contributed by atoms with Crippen molar-refractivity contribution in [2.75, 3.05) is 13.1 Å². The van der Waals surface area contributed by atoms with Gasteiger partial charge in [-0.05, 0) is 6.07 Å². The van der Waals surface area contributed by atoms with Crippen LogP contribution in [0.25, 0.3) is 6.08 Å². The van der Waals surface area contributed by atoms with Gasteiger partial charge in [-0.25, -0.2) is 4.39 Å². The van der Waals surface area contributed by atoms with Crippen LogP contribution in [0.5, 0.6) is 0 Å². The van der Waals surface area contributed by atoms with E-state index in [4.69, 9.17) is 0 Å². The van der Waals surface area contributed by atoms with Crippen molar-refractivity contribution in [1.29, 1.82) is 0 Å². The largest absolute Gasteiger partial charge is 0.315 e. The van der Waals surface area contributed by atoms with E-state index < -0.39 is 0 Å². The molecule has 0 aromatic heterocycles. The number of hydrogen-bond donors (Lipinski definition) is 1. The average molecular weight is 214 g/mol. The van der Waals surface area contributed by atoms with E-state index in [0.717, 1.165) is 13.1 Å². The lowest BCUT2D eigenvalue weighted by atomic mass is 10.0. The molecule has 14 heavy (non-hydrogen) atoms. The van der Waals surface area contributed by atoms with Crippen molar-refractivity contribution in [3.63, 3.8) is 0 Å². The van der Waals surface area contributed by atoms with Crippen LogP contribution in [0, 0.1) is 11.7 Å². The van der Waals surface area contributed by atoms with Crippen molar-refractivity contribution in [3.8, 4) is 0 Å². The van der Waals surface area contributed by atoms with Crippen molar-refractivity contribution in [2.45, 2.75) is 0 Å². The van der Waals surface area contributed by atoms with Crippen LogP contribution >= 0.6 is 12.4 Å². The molecule has 0 spiro atoms. The van der Waals surface area contributed by atoms with Crippen LogP contribution in [-0.2, 0) is 0 Å². The van der Waals surface area contributed by atoms with Gasteiger partial charge in [-0.1, -0.05) is 30.4 Å². The first kappa shape index (κ1) is 11.2. The monoisotopic (exact) mass is 213 g/mol. The minimum Gasteiger partial charge on any atom is -0.315 e. The van der Waals surface area contributed by atoms with Crippen LogP contribution in [0.2, 0.25) is 0 Å². The second-order valence-electron chi connectivity index (χ2n) is 3.30. The molecule has 0 radical (unpaired) electrons. The second-order valence-corrected chi connectivity index (χ2v) is 3.30. The van der Waals surface area contributed by atoms with Crippen LogP contribution in [0.1, 0.15) is 5.56 Å². The smallest absolute Gasteiger partial charge is 0.130 e. The molecule has 0 aliphatic carbocycles. The fourth-order valence-corrected chi connectivity index (χ4v) is 1.30. The summed E-state index contributed by atoms with van der Waals surface area (Å²) in [4.78, 5) is 0. The van der Waals surface area contributed by atoms with E-state index in [1.165, 1.54) is 6.07 Å². The molecular formula is C11H13ClFN. The minimum absolute atomic E-state index is 0. The number of hydrogen-bond acceptors (Lipinski definition) is 1. The zero-order chi connectivity index (χ0) is 9.10. The fourth-order valence-electron chi connectivity index (χ4n) is 1.30. The van der Waals surface area contributed by atoms with Gasteiger partial charge in [0.1, 0.15) is 5.82 Å². The lowest BCUT2D eigenvalue weighted by Crippen LogP contribution is -2.40. The van der Waals surface area contributed by atoms with Gasteiger partial charge in [0.15, 0.2) is 0 Å². The molecule has 1 aliphatic heterocycles. The van der Waals surface area contributed by atoms with E-state index in [1.807, 2.05) is 12.1 Å². The van der Waals surface area contributed by atoms with Gasteiger partial charge >= 0.3 is 0 Å². The molecule has 1 aromatic rings.